The molecule has 0 amide bonds. The monoisotopic (exact) mass is 1360 g/mol. The number of carbonyl (C=O) groups excluding carboxylic acids is 4. The van der Waals surface area contributed by atoms with E-state index in [1.807, 2.05) is 94.4 Å². The number of ether oxygens (including phenoxy) is 2. The van der Waals surface area contributed by atoms with Gasteiger partial charge < -0.3 is 40.1 Å². The topological polar surface area (TPSA) is 233 Å². The van der Waals surface area contributed by atoms with Gasteiger partial charge in [0.25, 0.3) is 0 Å². The van der Waals surface area contributed by atoms with Crippen LogP contribution in [0.2, 0.25) is 0 Å². The number of nitrogens with zero attached hydrogens (tertiary/aromatic N) is 2. The Morgan fingerprint density at radius 2 is 1.05 bits per heavy atom. The summed E-state index contributed by atoms with van der Waals surface area (Å²) in [6.45, 7) is 14.2. The third-order valence-corrected chi connectivity index (χ3v) is 33.9. The first-order chi connectivity index (χ1) is 39.1. The summed E-state index contributed by atoms with van der Waals surface area (Å²) in [4.78, 5) is 52.3. The zero-order chi connectivity index (χ0) is 61.1. The number of benzene rings is 2. The average molecular weight is 1360 g/mol. The van der Waals surface area contributed by atoms with Crippen LogP contribution in [0.15, 0.2) is 117 Å². The van der Waals surface area contributed by atoms with Gasteiger partial charge in [-0.15, -0.1) is 22.9 Å². The van der Waals surface area contributed by atoms with Crippen molar-refractivity contribution in [1.82, 2.24) is 0 Å². The van der Waals surface area contributed by atoms with Crippen molar-refractivity contribution in [3.05, 3.63) is 118 Å². The molecule has 83 heavy (non-hydrogen) atoms. The van der Waals surface area contributed by atoms with E-state index in [2.05, 4.69) is 55.4 Å². The van der Waals surface area contributed by atoms with Gasteiger partial charge in [-0.3, -0.25) is 19.2 Å². The number of Topliss-reactive ketones (excluding diaryl/α,β-unsaturated/α-hetero) is 2. The molecule has 3 fully saturated rings. The Bertz CT molecular complexity index is 3380. The number of carbonyl (C=O) groups is 4. The van der Waals surface area contributed by atoms with E-state index in [-0.39, 0.29) is 85.2 Å². The van der Waals surface area contributed by atoms with Crippen LogP contribution in [0.5, 0.6) is 0 Å². The number of rotatable bonds is 8. The zero-order valence-corrected chi connectivity index (χ0v) is 56.9. The highest BCUT2D eigenvalue weighted by molar-refractivity contribution is 8.73. The standard InChI is InChI=1S/C28H34N2O6.C28H34O6.CH4.H4P2.S10/c1-16-10-21-26(34,24(16)33)14-19(15-31)11-20-23-25(3,4)29-30-27(23,13-17(2)28(20,21)35)36-22(32)12-18-8-6-5-7-9-18;1-16-10-21-26(32,24(16)31)14-19(15-29)11-20-23-25(3,4)27(23,13-17(2)28(20,21)33)34-22(30)12-18-8-6-5-7-9-18;;1-2;1-3-5-7-9-10-8-6-4-2/h5-11,17,20-21,23,31,34-35H,12-15H2,1-4H3;5-11,17,20-21,23,29,32-33H,12-15H2,1-4H3;1H4;1-2H2;/t2*17-,20+,21-,23-,26-,27+,28-;;;/m11.../s1/i;;;1D;. The van der Waals surface area contributed by atoms with Gasteiger partial charge in [0, 0.05) is 148 Å². The minimum Gasteiger partial charge on any atom is -0.458 e. The Labute approximate surface area is 525 Å². The van der Waals surface area contributed by atoms with Crippen molar-refractivity contribution in [2.75, 3.05) is 13.2 Å². The third-order valence-electron chi connectivity index (χ3n) is 18.3. The molecule has 16 atom stereocenters. The SMILES string of the molecule is C.CC1=C[C@H]2[C@@]3(O)[C@H](C)C[C@@]4(OC(=O)Cc5ccccc5)N=NC(C)(C)[C@H]4[C@@H]3C=C(CO)C[C@]2(O)C1=O.CC1=C[C@H]2[C@@]3(O)[C@H](C)C[C@]4(OC(=O)Cc5ccccc5)[C@H]([C@@H]3C=C(CO)C[C@]2(O)C1=O)C4(C)C.S=S=S=S=S=S=S=S=S=S.[2H]PP. The molecule has 2 unspecified atom stereocenters. The fourth-order valence-electron chi connectivity index (χ4n) is 14.9. The van der Waals surface area contributed by atoms with Gasteiger partial charge in [-0.25, -0.2) is 0 Å². The van der Waals surface area contributed by atoms with Crippen LogP contribution >= 0.6 is 17.8 Å². The molecule has 10 rings (SSSR count). The van der Waals surface area contributed by atoms with E-state index in [4.69, 9.17) is 10.8 Å². The highest BCUT2D eigenvalue weighted by atomic mass is 33.4. The van der Waals surface area contributed by atoms with E-state index >= 15 is 0 Å². The maximum Gasteiger partial charge on any atom is 0.312 e. The van der Waals surface area contributed by atoms with Crippen molar-refractivity contribution in [1.29, 1.82) is 1.28 Å². The molecule has 0 spiro atoms. The number of aliphatic hydroxyl groups is 6. The van der Waals surface area contributed by atoms with Crippen molar-refractivity contribution < 1.29 is 59.3 Å². The summed E-state index contributed by atoms with van der Waals surface area (Å²) in [5.41, 5.74) is -6.36. The highest BCUT2D eigenvalue weighted by Gasteiger charge is 2.83. The highest BCUT2D eigenvalue weighted by Crippen LogP contribution is 2.76. The number of fused-ring (bicyclic) bond motifs is 10. The number of aliphatic hydroxyl groups excluding tert-OH is 2. The van der Waals surface area contributed by atoms with E-state index in [0.717, 1.165) is 11.1 Å². The van der Waals surface area contributed by atoms with Crippen LogP contribution < -0.4 is 0 Å². The lowest BCUT2D eigenvalue weighted by atomic mass is 9.52. The third kappa shape index (κ3) is 13.1. The van der Waals surface area contributed by atoms with E-state index in [1.165, 1.54) is 17.8 Å². The van der Waals surface area contributed by atoms with Crippen molar-refractivity contribution in [2.45, 2.75) is 141 Å². The summed E-state index contributed by atoms with van der Waals surface area (Å²) < 4.78 is 18.6. The van der Waals surface area contributed by atoms with Gasteiger partial charge in [0.1, 0.15) is 16.8 Å². The van der Waals surface area contributed by atoms with E-state index in [9.17, 15) is 49.8 Å². The van der Waals surface area contributed by atoms with Crippen LogP contribution in [0.4, 0.5) is 0 Å². The molecule has 0 bridgehead atoms. The van der Waals surface area contributed by atoms with Gasteiger partial charge in [-0.1, -0.05) is 120 Å². The summed E-state index contributed by atoms with van der Waals surface area (Å²) in [5.74, 6) is -6.05. The largest absolute Gasteiger partial charge is 0.458 e. The number of ketones is 2. The number of azo groups is 1. The minimum atomic E-state index is -1.85. The van der Waals surface area contributed by atoms with Crippen LogP contribution in [0.1, 0.15) is 99.6 Å². The molecule has 26 heteroatoms. The maximum atomic E-state index is 13.1. The summed E-state index contributed by atoms with van der Waals surface area (Å²) in [7, 11) is 15.2. The van der Waals surface area contributed by atoms with Crippen LogP contribution in [0.25, 0.3) is 0 Å². The quantitative estimate of drug-likeness (QED) is 0.0895. The van der Waals surface area contributed by atoms with Crippen LogP contribution in [0, 0.1) is 52.8 Å². The molecular formula is C57H76N2O12P2S10. The molecule has 1 aliphatic heterocycles. The van der Waals surface area contributed by atoms with Crippen molar-refractivity contribution in [3.8, 4) is 0 Å². The van der Waals surface area contributed by atoms with Crippen LogP contribution in [0.3, 0.4) is 0 Å². The van der Waals surface area contributed by atoms with Crippen molar-refractivity contribution >= 4 is 135 Å². The number of hydrogen-bond donors (Lipinski definition) is 6. The molecule has 14 nitrogen and oxygen atoms in total. The molecule has 0 saturated heterocycles. The van der Waals surface area contributed by atoms with Gasteiger partial charge in [0.15, 0.2) is 11.6 Å². The summed E-state index contributed by atoms with van der Waals surface area (Å²) in [5, 5.41) is 77.3. The molecule has 6 N–H and O–H groups in total. The van der Waals surface area contributed by atoms with Gasteiger partial charge in [-0.05, 0) is 79.4 Å². The smallest absolute Gasteiger partial charge is 0.312 e. The first kappa shape index (κ1) is 68.6. The fourth-order valence-corrected chi connectivity index (χ4v) is 31.4. The second kappa shape index (κ2) is 27.9. The first-order valence-corrected chi connectivity index (χ1v) is 40.8. The van der Waals surface area contributed by atoms with E-state index in [0.29, 0.717) is 28.7 Å². The summed E-state index contributed by atoms with van der Waals surface area (Å²) in [6.07, 6.45) is 7.79. The Balaban J connectivity index is 0.000000221. The Kier molecular flexibility index (Phi) is 23.0. The molecule has 7 aliphatic carbocycles. The Morgan fingerprint density at radius 1 is 0.651 bits per heavy atom. The molecule has 456 valence electrons. The predicted molar refractivity (Wildman–Crippen MR) is 356 cm³/mol. The molecule has 0 radical (unpaired) electrons. The molecule has 8 aliphatic rings. The molecule has 3 saturated carbocycles. The Hall–Kier alpha value is -1.90. The van der Waals surface area contributed by atoms with Gasteiger partial charge in [0.05, 0.1) is 50.0 Å². The lowest BCUT2D eigenvalue weighted by Gasteiger charge is -2.56. The van der Waals surface area contributed by atoms with Crippen LogP contribution in [-0.4, -0.2) is 108 Å². The molecule has 2 aromatic rings. The first-order valence-electron chi connectivity index (χ1n) is 27.0. The van der Waals surface area contributed by atoms with E-state index < -0.39 is 91.9 Å². The van der Waals surface area contributed by atoms with Crippen molar-refractivity contribution in [2.24, 2.45) is 63.0 Å². The predicted octanol–water partition coefficient (Wildman–Crippen LogP) is 6.93. The summed E-state index contributed by atoms with van der Waals surface area (Å²) >= 11 is 9.31. The van der Waals surface area contributed by atoms with E-state index in [1.54, 1.807) is 85.4 Å². The molecule has 0 aromatic heterocycles. The Morgan fingerprint density at radius 3 is 1.47 bits per heavy atom. The molecule has 2 aromatic carbocycles. The van der Waals surface area contributed by atoms with Gasteiger partial charge >= 0.3 is 11.9 Å². The van der Waals surface area contributed by atoms with Crippen LogP contribution in [-0.2, 0) is 135 Å². The average Bonchev–Trinajstić information content (AvgIpc) is 1.69. The van der Waals surface area contributed by atoms with Gasteiger partial charge in [-0.2, -0.15) is 5.11 Å². The number of esters is 2. The lowest BCUT2D eigenvalue weighted by Crippen LogP contribution is -2.67. The van der Waals surface area contributed by atoms with Gasteiger partial charge in [0.2, 0.25) is 5.72 Å². The fraction of sp³-hybridized carbons (Fsp3) is 0.579. The number of hydrogen-bond acceptors (Lipinski definition) is 16. The lowest BCUT2D eigenvalue weighted by molar-refractivity contribution is -0.225. The normalized spacial score (nSPS) is 35.9. The summed E-state index contributed by atoms with van der Waals surface area (Å²) in [6, 6.07) is 18.8. The van der Waals surface area contributed by atoms with Crippen molar-refractivity contribution in [3.63, 3.8) is 0 Å². The minimum absolute atomic E-state index is 0. The maximum absolute atomic E-state index is 13.1. The molecular weight excluding hydrogens is 1290 g/mol. The molecule has 1 heterocycles. The zero-order valence-electron chi connectivity index (χ0n) is 47.5. The second-order valence-electron chi connectivity index (χ2n) is 23.6. The second-order valence-corrected chi connectivity index (χ2v) is 37.8.